The number of nitrogens with zero attached hydrogens (tertiary/aromatic N) is 2. The quantitative estimate of drug-likeness (QED) is 0.464. The van der Waals surface area contributed by atoms with Crippen LogP contribution in [0.1, 0.15) is 29.6 Å². The topological polar surface area (TPSA) is 84.0 Å². The van der Waals surface area contributed by atoms with Crippen molar-refractivity contribution in [3.05, 3.63) is 55.1 Å². The average molecular weight is 407 g/mol. The van der Waals surface area contributed by atoms with Gasteiger partial charge in [-0.1, -0.05) is 30.7 Å². The average Bonchev–Trinajstić information content (AvgIpc) is 2.72. The Bertz CT molecular complexity index is 819. The fourth-order valence-corrected chi connectivity index (χ4v) is 4.69. The molecule has 0 aromatic heterocycles. The minimum Gasteiger partial charge on any atom is -0.452 e. The van der Waals surface area contributed by atoms with Gasteiger partial charge in [0.25, 0.3) is 5.91 Å². The van der Waals surface area contributed by atoms with Crippen LogP contribution in [0.2, 0.25) is 0 Å². The first-order valence-electron chi connectivity index (χ1n) is 9.17. The lowest BCUT2D eigenvalue weighted by Crippen LogP contribution is -2.37. The first kappa shape index (κ1) is 21.8. The van der Waals surface area contributed by atoms with E-state index in [2.05, 4.69) is 13.2 Å². The van der Waals surface area contributed by atoms with E-state index in [4.69, 9.17) is 4.74 Å². The zero-order valence-corrected chi connectivity index (χ0v) is 16.7. The molecule has 0 saturated carbocycles. The van der Waals surface area contributed by atoms with Gasteiger partial charge in [-0.05, 0) is 25.0 Å². The highest BCUT2D eigenvalue weighted by atomic mass is 32.2. The molecule has 1 aliphatic rings. The minimum atomic E-state index is -3.80. The fraction of sp³-hybridized carbons (Fsp3) is 0.400. The van der Waals surface area contributed by atoms with Crippen molar-refractivity contribution in [3.8, 4) is 0 Å². The maximum Gasteiger partial charge on any atom is 0.340 e. The van der Waals surface area contributed by atoms with Crippen LogP contribution in [0.5, 0.6) is 0 Å². The Balaban J connectivity index is 2.15. The van der Waals surface area contributed by atoms with Crippen LogP contribution in [-0.2, 0) is 19.6 Å². The number of hydrogen-bond donors (Lipinski definition) is 0. The molecule has 0 N–H and O–H groups in total. The van der Waals surface area contributed by atoms with Crippen molar-refractivity contribution in [2.45, 2.75) is 24.2 Å². The van der Waals surface area contributed by atoms with Crippen molar-refractivity contribution in [2.24, 2.45) is 0 Å². The van der Waals surface area contributed by atoms with Crippen molar-refractivity contribution in [2.75, 3.05) is 32.8 Å². The van der Waals surface area contributed by atoms with E-state index in [9.17, 15) is 18.0 Å². The van der Waals surface area contributed by atoms with Crippen molar-refractivity contribution < 1.29 is 22.7 Å². The number of piperidine rings is 1. The van der Waals surface area contributed by atoms with E-state index >= 15 is 0 Å². The molecular weight excluding hydrogens is 380 g/mol. The van der Waals surface area contributed by atoms with E-state index in [1.165, 1.54) is 21.3 Å². The number of rotatable bonds is 9. The molecule has 28 heavy (non-hydrogen) atoms. The van der Waals surface area contributed by atoms with Gasteiger partial charge in [0.2, 0.25) is 10.0 Å². The van der Waals surface area contributed by atoms with Gasteiger partial charge in [0.05, 0.1) is 10.5 Å². The van der Waals surface area contributed by atoms with Crippen LogP contribution in [-0.4, -0.2) is 62.3 Å². The van der Waals surface area contributed by atoms with Gasteiger partial charge in [-0.2, -0.15) is 4.31 Å². The number of benzene rings is 1. The van der Waals surface area contributed by atoms with Gasteiger partial charge >= 0.3 is 5.97 Å². The Hall–Kier alpha value is -2.45. The molecule has 1 heterocycles. The summed E-state index contributed by atoms with van der Waals surface area (Å²) >= 11 is 0. The van der Waals surface area contributed by atoms with Crippen molar-refractivity contribution in [3.63, 3.8) is 0 Å². The lowest BCUT2D eigenvalue weighted by atomic mass is 10.2. The van der Waals surface area contributed by atoms with Gasteiger partial charge in [-0.25, -0.2) is 13.2 Å². The Morgan fingerprint density at radius 1 is 1.07 bits per heavy atom. The number of carbonyl (C=O) groups excluding carboxylic acids is 2. The highest BCUT2D eigenvalue weighted by molar-refractivity contribution is 7.89. The third kappa shape index (κ3) is 5.30. The maximum absolute atomic E-state index is 13.0. The molecule has 0 atom stereocenters. The second-order valence-electron chi connectivity index (χ2n) is 6.41. The van der Waals surface area contributed by atoms with E-state index in [1.54, 1.807) is 24.3 Å². The van der Waals surface area contributed by atoms with Gasteiger partial charge in [-0.3, -0.25) is 4.79 Å². The van der Waals surface area contributed by atoms with Gasteiger partial charge in [0.1, 0.15) is 0 Å². The number of amides is 1. The minimum absolute atomic E-state index is 0.0696. The first-order valence-corrected chi connectivity index (χ1v) is 10.6. The predicted octanol–water partition coefficient (Wildman–Crippen LogP) is 2.22. The molecule has 1 saturated heterocycles. The monoisotopic (exact) mass is 406 g/mol. The summed E-state index contributed by atoms with van der Waals surface area (Å²) in [6.45, 7) is 8.13. The Morgan fingerprint density at radius 3 is 2.29 bits per heavy atom. The maximum atomic E-state index is 13.0. The molecule has 0 spiro atoms. The van der Waals surface area contributed by atoms with E-state index < -0.39 is 28.5 Å². The molecule has 0 unspecified atom stereocenters. The van der Waals surface area contributed by atoms with E-state index in [-0.39, 0.29) is 10.5 Å². The summed E-state index contributed by atoms with van der Waals surface area (Å²) in [6, 6.07) is 5.92. The molecule has 1 aromatic rings. The van der Waals surface area contributed by atoms with Crippen LogP contribution < -0.4 is 0 Å². The molecule has 0 bridgehead atoms. The zero-order valence-electron chi connectivity index (χ0n) is 15.9. The Morgan fingerprint density at radius 2 is 1.68 bits per heavy atom. The molecule has 0 radical (unpaired) electrons. The van der Waals surface area contributed by atoms with E-state index in [1.807, 2.05) is 0 Å². The summed E-state index contributed by atoms with van der Waals surface area (Å²) in [5.41, 5.74) is -0.0696. The number of hydrogen-bond acceptors (Lipinski definition) is 5. The zero-order chi connectivity index (χ0) is 20.6. The summed E-state index contributed by atoms with van der Waals surface area (Å²) in [6.07, 6.45) is 5.70. The normalized spacial score (nSPS) is 14.9. The van der Waals surface area contributed by atoms with Gasteiger partial charge in [-0.15, -0.1) is 13.2 Å². The number of ether oxygens (including phenoxy) is 1. The molecule has 1 aromatic carbocycles. The highest BCUT2D eigenvalue weighted by Crippen LogP contribution is 2.24. The second-order valence-corrected chi connectivity index (χ2v) is 8.32. The molecule has 7 nitrogen and oxygen atoms in total. The number of carbonyl (C=O) groups is 2. The summed E-state index contributed by atoms with van der Waals surface area (Å²) in [5, 5.41) is 0. The van der Waals surface area contributed by atoms with Gasteiger partial charge < -0.3 is 9.64 Å². The standard InChI is InChI=1S/C20H26N2O5S/c1-3-12-21(13-4-2)19(23)16-27-20(24)17-10-6-7-11-18(17)28(25,26)22-14-8-5-9-15-22/h3-4,6-7,10-11H,1-2,5,8-9,12-16H2. The van der Waals surface area contributed by atoms with E-state index in [0.29, 0.717) is 26.2 Å². The van der Waals surface area contributed by atoms with Crippen LogP contribution in [0, 0.1) is 0 Å². The van der Waals surface area contributed by atoms with Crippen molar-refractivity contribution in [1.29, 1.82) is 0 Å². The summed E-state index contributed by atoms with van der Waals surface area (Å²) in [4.78, 5) is 26.1. The summed E-state index contributed by atoms with van der Waals surface area (Å²) in [5.74, 6) is -1.26. The molecule has 8 heteroatoms. The second kappa shape index (κ2) is 10.2. The van der Waals surface area contributed by atoms with Crippen molar-refractivity contribution >= 4 is 21.9 Å². The molecule has 152 valence electrons. The van der Waals surface area contributed by atoms with Gasteiger partial charge in [0, 0.05) is 26.2 Å². The first-order chi connectivity index (χ1) is 13.4. The summed E-state index contributed by atoms with van der Waals surface area (Å²) < 4.78 is 32.4. The van der Waals surface area contributed by atoms with E-state index in [0.717, 1.165) is 19.3 Å². The third-order valence-corrected chi connectivity index (χ3v) is 6.38. The molecule has 2 rings (SSSR count). The summed E-state index contributed by atoms with van der Waals surface area (Å²) in [7, 11) is -3.80. The smallest absolute Gasteiger partial charge is 0.340 e. The molecule has 1 fully saturated rings. The third-order valence-electron chi connectivity index (χ3n) is 4.42. The van der Waals surface area contributed by atoms with Crippen molar-refractivity contribution in [1.82, 2.24) is 9.21 Å². The molecular formula is C20H26N2O5S. The largest absolute Gasteiger partial charge is 0.452 e. The Kier molecular flexibility index (Phi) is 7.95. The molecule has 0 aliphatic carbocycles. The lowest BCUT2D eigenvalue weighted by molar-refractivity contribution is -0.133. The SMILES string of the molecule is C=CCN(CC=C)C(=O)COC(=O)c1ccccc1S(=O)(=O)N1CCCCC1. The predicted molar refractivity (Wildman–Crippen MR) is 106 cm³/mol. The van der Waals surface area contributed by atoms with Crippen LogP contribution in [0.25, 0.3) is 0 Å². The highest BCUT2D eigenvalue weighted by Gasteiger charge is 2.30. The fourth-order valence-electron chi connectivity index (χ4n) is 2.99. The van der Waals surface area contributed by atoms with Crippen LogP contribution >= 0.6 is 0 Å². The van der Waals surface area contributed by atoms with Gasteiger partial charge in [0.15, 0.2) is 6.61 Å². The van der Waals surface area contributed by atoms with Crippen LogP contribution in [0.3, 0.4) is 0 Å². The molecule has 1 aliphatic heterocycles. The Labute approximate surface area is 166 Å². The van der Waals surface area contributed by atoms with Crippen LogP contribution in [0.15, 0.2) is 54.5 Å². The molecule has 1 amide bonds. The lowest BCUT2D eigenvalue weighted by Gasteiger charge is -2.26. The number of sulfonamides is 1. The number of esters is 1. The van der Waals surface area contributed by atoms with Crippen LogP contribution in [0.4, 0.5) is 0 Å².